The van der Waals surface area contributed by atoms with Gasteiger partial charge in [-0.2, -0.15) is 0 Å². The summed E-state index contributed by atoms with van der Waals surface area (Å²) in [5, 5.41) is 14.8. The van der Waals surface area contributed by atoms with Crippen molar-refractivity contribution in [1.29, 1.82) is 0 Å². The number of carboxylic acids is 1. The maximum atomic E-state index is 12.3. The molecule has 3 N–H and O–H groups in total. The van der Waals surface area contributed by atoms with Gasteiger partial charge in [0.05, 0.1) is 31.6 Å². The third kappa shape index (κ3) is 4.45. The average molecular weight is 375 g/mol. The fraction of sp³-hybridized carbons (Fsp3) is 0.526. The number of rotatable bonds is 6. The molecule has 2 amide bonds. The normalized spacial score (nSPS) is 24.1. The maximum Gasteiger partial charge on any atom is 0.307 e. The molecule has 0 unspecified atom stereocenters. The monoisotopic (exact) mass is 375 g/mol. The number of nitrogens with one attached hydrogen (secondary N) is 2. The predicted molar refractivity (Wildman–Crippen MR) is 99.4 cm³/mol. The van der Waals surface area contributed by atoms with Crippen LogP contribution in [0.5, 0.6) is 0 Å². The van der Waals surface area contributed by atoms with Crippen LogP contribution in [-0.2, 0) is 19.1 Å². The number of carbonyl (C=O) groups is 3. The van der Waals surface area contributed by atoms with Crippen LogP contribution in [0, 0.1) is 17.3 Å². The Morgan fingerprint density at radius 3 is 2.15 bits per heavy atom. The van der Waals surface area contributed by atoms with E-state index in [1.165, 1.54) is 0 Å². The van der Waals surface area contributed by atoms with Crippen molar-refractivity contribution in [2.45, 2.75) is 13.8 Å². The number of ether oxygens (including phenoxy) is 1. The molecule has 2 aliphatic rings. The summed E-state index contributed by atoms with van der Waals surface area (Å²) in [5.74, 6) is -2.54. The lowest BCUT2D eigenvalue weighted by atomic mass is 10.1. The van der Waals surface area contributed by atoms with Gasteiger partial charge >= 0.3 is 5.97 Å². The highest BCUT2D eigenvalue weighted by Gasteiger charge is 2.65. The van der Waals surface area contributed by atoms with Gasteiger partial charge < -0.3 is 20.5 Å². The van der Waals surface area contributed by atoms with E-state index in [0.29, 0.717) is 31.1 Å². The van der Waals surface area contributed by atoms with E-state index in [0.717, 1.165) is 13.1 Å². The number of benzene rings is 1. The molecule has 0 radical (unpaired) electrons. The number of hydrogen-bond donors (Lipinski definition) is 3. The van der Waals surface area contributed by atoms with Gasteiger partial charge in [-0.05, 0) is 29.7 Å². The predicted octanol–water partition coefficient (Wildman–Crippen LogP) is 1.25. The first-order chi connectivity index (χ1) is 12.8. The van der Waals surface area contributed by atoms with Gasteiger partial charge in [-0.15, -0.1) is 0 Å². The van der Waals surface area contributed by atoms with E-state index in [9.17, 15) is 19.5 Å². The summed E-state index contributed by atoms with van der Waals surface area (Å²) >= 11 is 0. The molecular formula is C19H25N3O5. The van der Waals surface area contributed by atoms with Gasteiger partial charge in [0.1, 0.15) is 0 Å². The van der Waals surface area contributed by atoms with Crippen molar-refractivity contribution in [3.05, 3.63) is 24.3 Å². The molecule has 1 saturated heterocycles. The third-order valence-corrected chi connectivity index (χ3v) is 5.28. The van der Waals surface area contributed by atoms with Crippen LogP contribution in [0.25, 0.3) is 0 Å². The van der Waals surface area contributed by atoms with Crippen molar-refractivity contribution in [3.63, 3.8) is 0 Å². The Kier molecular flexibility index (Phi) is 5.48. The second-order valence-electron chi connectivity index (χ2n) is 7.62. The minimum Gasteiger partial charge on any atom is -0.481 e. The molecule has 1 aliphatic carbocycles. The average Bonchev–Trinajstić information content (AvgIpc) is 3.20. The molecule has 8 nitrogen and oxygen atoms in total. The summed E-state index contributed by atoms with van der Waals surface area (Å²) in [6, 6.07) is 6.79. The van der Waals surface area contributed by atoms with Crippen LogP contribution < -0.4 is 10.6 Å². The number of hydrogen-bond acceptors (Lipinski definition) is 5. The Labute approximate surface area is 157 Å². The van der Waals surface area contributed by atoms with E-state index < -0.39 is 23.2 Å². The summed E-state index contributed by atoms with van der Waals surface area (Å²) in [5.41, 5.74) is 0.669. The number of anilines is 2. The van der Waals surface area contributed by atoms with E-state index in [1.807, 2.05) is 4.90 Å². The Balaban J connectivity index is 1.51. The fourth-order valence-electron chi connectivity index (χ4n) is 3.61. The van der Waals surface area contributed by atoms with Gasteiger partial charge in [0.2, 0.25) is 11.8 Å². The Morgan fingerprint density at radius 1 is 1.07 bits per heavy atom. The van der Waals surface area contributed by atoms with Crippen molar-refractivity contribution in [3.8, 4) is 0 Å². The first-order valence-corrected chi connectivity index (χ1v) is 9.02. The van der Waals surface area contributed by atoms with Crippen LogP contribution in [0.1, 0.15) is 13.8 Å². The Hall–Kier alpha value is -2.45. The lowest BCUT2D eigenvalue weighted by Crippen LogP contribution is -2.41. The zero-order chi connectivity index (χ0) is 19.6. The molecule has 146 valence electrons. The van der Waals surface area contributed by atoms with E-state index in [1.54, 1.807) is 38.1 Å². The van der Waals surface area contributed by atoms with Gasteiger partial charge in [-0.25, -0.2) is 0 Å². The summed E-state index contributed by atoms with van der Waals surface area (Å²) in [6.07, 6.45) is 0. The molecule has 0 aromatic heterocycles. The standard InChI is InChI=1S/C19H25N3O5/c1-19(2)15(16(19)18(25)26)17(24)21-13-5-3-12(4-6-13)20-14(23)11-22-7-9-27-10-8-22/h3-6,15-16H,7-11H2,1-2H3,(H,20,23)(H,21,24)(H,25,26)/t15-,16-/m1/s1. The van der Waals surface area contributed by atoms with Gasteiger partial charge in [-0.3, -0.25) is 19.3 Å². The molecule has 0 bridgehead atoms. The molecule has 1 aliphatic heterocycles. The zero-order valence-corrected chi connectivity index (χ0v) is 15.5. The van der Waals surface area contributed by atoms with Crippen molar-refractivity contribution >= 4 is 29.2 Å². The molecule has 2 fully saturated rings. The van der Waals surface area contributed by atoms with Gasteiger partial charge in [0.15, 0.2) is 0 Å². The van der Waals surface area contributed by atoms with Crippen LogP contribution >= 0.6 is 0 Å². The van der Waals surface area contributed by atoms with E-state index in [2.05, 4.69) is 10.6 Å². The number of amides is 2. The highest BCUT2D eigenvalue weighted by molar-refractivity contribution is 6.00. The molecule has 0 spiro atoms. The molecule has 3 rings (SSSR count). The van der Waals surface area contributed by atoms with Crippen LogP contribution in [0.4, 0.5) is 11.4 Å². The zero-order valence-electron chi connectivity index (χ0n) is 15.5. The molecular weight excluding hydrogens is 350 g/mol. The lowest BCUT2D eigenvalue weighted by molar-refractivity contribution is -0.140. The Morgan fingerprint density at radius 2 is 1.63 bits per heavy atom. The van der Waals surface area contributed by atoms with Crippen molar-refractivity contribution in [2.24, 2.45) is 17.3 Å². The number of aliphatic carboxylic acids is 1. The SMILES string of the molecule is CC1(C)[C@@H](C(=O)O)[C@@H]1C(=O)Nc1ccc(NC(=O)CN2CCOCC2)cc1. The van der Waals surface area contributed by atoms with Crippen LogP contribution in [0.15, 0.2) is 24.3 Å². The lowest BCUT2D eigenvalue weighted by Gasteiger charge is -2.25. The van der Waals surface area contributed by atoms with Crippen molar-refractivity contribution in [2.75, 3.05) is 43.5 Å². The minimum atomic E-state index is -0.946. The maximum absolute atomic E-state index is 12.3. The quantitative estimate of drug-likeness (QED) is 0.691. The first kappa shape index (κ1) is 19.3. The van der Waals surface area contributed by atoms with Crippen LogP contribution in [0.2, 0.25) is 0 Å². The Bertz CT molecular complexity index is 725. The van der Waals surface area contributed by atoms with E-state index in [-0.39, 0.29) is 11.8 Å². The number of carboxylic acid groups (broad SMARTS) is 1. The molecule has 1 aromatic rings. The van der Waals surface area contributed by atoms with Gasteiger partial charge in [-0.1, -0.05) is 13.8 Å². The highest BCUT2D eigenvalue weighted by Crippen LogP contribution is 2.58. The molecule has 2 atom stereocenters. The smallest absolute Gasteiger partial charge is 0.307 e. The van der Waals surface area contributed by atoms with Crippen molar-refractivity contribution in [1.82, 2.24) is 4.90 Å². The highest BCUT2D eigenvalue weighted by atomic mass is 16.5. The molecule has 27 heavy (non-hydrogen) atoms. The third-order valence-electron chi connectivity index (χ3n) is 5.28. The largest absolute Gasteiger partial charge is 0.481 e. The molecule has 1 heterocycles. The van der Waals surface area contributed by atoms with E-state index >= 15 is 0 Å². The summed E-state index contributed by atoms with van der Waals surface area (Å²) < 4.78 is 5.26. The second-order valence-corrected chi connectivity index (χ2v) is 7.62. The first-order valence-electron chi connectivity index (χ1n) is 9.02. The van der Waals surface area contributed by atoms with Crippen LogP contribution in [0.3, 0.4) is 0 Å². The molecule has 8 heteroatoms. The van der Waals surface area contributed by atoms with E-state index in [4.69, 9.17) is 4.74 Å². The van der Waals surface area contributed by atoms with Gasteiger partial charge in [0.25, 0.3) is 0 Å². The summed E-state index contributed by atoms with van der Waals surface area (Å²) in [7, 11) is 0. The summed E-state index contributed by atoms with van der Waals surface area (Å²) in [4.78, 5) is 37.7. The fourth-order valence-corrected chi connectivity index (χ4v) is 3.61. The second kappa shape index (κ2) is 7.66. The minimum absolute atomic E-state index is 0.0993. The molecule has 1 aromatic carbocycles. The van der Waals surface area contributed by atoms with Crippen LogP contribution in [-0.4, -0.2) is 60.6 Å². The molecule has 1 saturated carbocycles. The number of nitrogens with zero attached hydrogens (tertiary/aromatic N) is 1. The topological polar surface area (TPSA) is 108 Å². The van der Waals surface area contributed by atoms with Crippen molar-refractivity contribution < 1.29 is 24.2 Å². The number of morpholine rings is 1. The summed E-state index contributed by atoms with van der Waals surface area (Å²) in [6.45, 7) is 6.65. The number of carbonyl (C=O) groups excluding carboxylic acids is 2. The van der Waals surface area contributed by atoms with Gasteiger partial charge in [0, 0.05) is 24.5 Å².